The van der Waals surface area contributed by atoms with Gasteiger partial charge in [-0.2, -0.15) is 5.26 Å². The van der Waals surface area contributed by atoms with Gasteiger partial charge in [-0.3, -0.25) is 4.79 Å². The second-order valence-electron chi connectivity index (χ2n) is 2.57. The summed E-state index contributed by atoms with van der Waals surface area (Å²) in [6.07, 6.45) is 1.05. The second-order valence-corrected chi connectivity index (χ2v) is 2.57. The topological polar surface area (TPSA) is 64.9 Å². The van der Waals surface area contributed by atoms with E-state index >= 15 is 0 Å². The number of nitrogens with one attached hydrogen (secondary N) is 2. The lowest BCUT2D eigenvalue weighted by molar-refractivity contribution is -0.119. The third-order valence-electron chi connectivity index (χ3n) is 1.65. The molecule has 4 nitrogen and oxygen atoms in total. The molecule has 0 aliphatic carbocycles. The Balaban J connectivity index is 2.09. The van der Waals surface area contributed by atoms with E-state index in [1.165, 1.54) is 0 Å². The molecule has 4 heteroatoms. The van der Waals surface area contributed by atoms with Gasteiger partial charge >= 0.3 is 0 Å². The van der Waals surface area contributed by atoms with Crippen molar-refractivity contribution in [1.82, 2.24) is 10.6 Å². The van der Waals surface area contributed by atoms with Crippen molar-refractivity contribution in [2.45, 2.75) is 18.9 Å². The van der Waals surface area contributed by atoms with Crippen LogP contribution in [0.5, 0.6) is 0 Å². The summed E-state index contributed by atoms with van der Waals surface area (Å²) in [6.45, 7) is 1.38. The third-order valence-corrected chi connectivity index (χ3v) is 1.65. The van der Waals surface area contributed by atoms with Gasteiger partial charge in [0.25, 0.3) is 0 Å². The molecule has 11 heavy (non-hydrogen) atoms. The minimum atomic E-state index is 0.0967. The maximum absolute atomic E-state index is 10.7. The van der Waals surface area contributed by atoms with Crippen LogP contribution in [0.4, 0.5) is 0 Å². The number of amides is 1. The van der Waals surface area contributed by atoms with E-state index < -0.39 is 0 Å². The van der Waals surface area contributed by atoms with Crippen molar-refractivity contribution in [3.63, 3.8) is 0 Å². The first-order chi connectivity index (χ1) is 5.33. The Bertz CT molecular complexity index is 185. The predicted octanol–water partition coefficient (Wildman–Crippen LogP) is -0.622. The summed E-state index contributed by atoms with van der Waals surface area (Å²) in [7, 11) is 0. The number of nitriles is 1. The molecular weight excluding hydrogens is 142 g/mol. The van der Waals surface area contributed by atoms with Gasteiger partial charge in [-0.25, -0.2) is 0 Å². The van der Waals surface area contributed by atoms with Crippen molar-refractivity contribution in [2.75, 3.05) is 13.1 Å². The van der Waals surface area contributed by atoms with Gasteiger partial charge in [0.15, 0.2) is 0 Å². The summed E-state index contributed by atoms with van der Waals surface area (Å²) in [5, 5.41) is 14.0. The summed E-state index contributed by atoms with van der Waals surface area (Å²) in [6, 6.07) is 2.27. The molecule has 0 saturated carbocycles. The van der Waals surface area contributed by atoms with E-state index in [1.807, 2.05) is 6.07 Å². The highest BCUT2D eigenvalue weighted by atomic mass is 16.1. The molecule has 0 aromatic heterocycles. The molecule has 1 aliphatic rings. The van der Waals surface area contributed by atoms with Gasteiger partial charge in [0.1, 0.15) is 0 Å². The average Bonchev–Trinajstić information content (AvgIpc) is 2.37. The number of hydrogen-bond donors (Lipinski definition) is 2. The number of hydrogen-bond acceptors (Lipinski definition) is 3. The summed E-state index contributed by atoms with van der Waals surface area (Å²) in [4.78, 5) is 10.7. The van der Waals surface area contributed by atoms with Gasteiger partial charge in [0.05, 0.1) is 6.07 Å². The van der Waals surface area contributed by atoms with E-state index in [0.29, 0.717) is 25.9 Å². The van der Waals surface area contributed by atoms with E-state index in [4.69, 9.17) is 5.26 Å². The van der Waals surface area contributed by atoms with Crippen LogP contribution in [0.15, 0.2) is 0 Å². The highest BCUT2D eigenvalue weighted by molar-refractivity contribution is 5.78. The highest BCUT2D eigenvalue weighted by Gasteiger charge is 2.19. The number of nitrogens with zero attached hydrogens (tertiary/aromatic N) is 1. The minimum Gasteiger partial charge on any atom is -0.354 e. The zero-order chi connectivity index (χ0) is 8.10. The molecule has 1 aliphatic heterocycles. The summed E-state index contributed by atoms with van der Waals surface area (Å²) >= 11 is 0. The molecule has 0 radical (unpaired) electrons. The molecule has 1 amide bonds. The maximum atomic E-state index is 10.7. The summed E-state index contributed by atoms with van der Waals surface area (Å²) < 4.78 is 0. The zero-order valence-electron chi connectivity index (χ0n) is 6.26. The Morgan fingerprint density at radius 2 is 2.64 bits per heavy atom. The molecule has 1 unspecified atom stereocenters. The molecule has 1 heterocycles. The van der Waals surface area contributed by atoms with Crippen LogP contribution in [0.3, 0.4) is 0 Å². The van der Waals surface area contributed by atoms with Crippen LogP contribution in [-0.2, 0) is 4.79 Å². The monoisotopic (exact) mass is 153 g/mol. The van der Waals surface area contributed by atoms with E-state index in [1.54, 1.807) is 0 Å². The highest BCUT2D eigenvalue weighted by Crippen LogP contribution is 1.98. The Hall–Kier alpha value is -1.08. The van der Waals surface area contributed by atoms with Gasteiger partial charge in [-0.05, 0) is 0 Å². The Morgan fingerprint density at radius 1 is 1.82 bits per heavy atom. The van der Waals surface area contributed by atoms with Crippen LogP contribution >= 0.6 is 0 Å². The Labute approximate surface area is 65.6 Å². The van der Waals surface area contributed by atoms with E-state index in [0.717, 1.165) is 0 Å². The molecule has 1 fully saturated rings. The average molecular weight is 153 g/mol. The minimum absolute atomic E-state index is 0.0967. The molecule has 0 aromatic rings. The quantitative estimate of drug-likeness (QED) is 0.531. The van der Waals surface area contributed by atoms with Crippen LogP contribution in [-0.4, -0.2) is 25.0 Å². The fraction of sp³-hybridized carbons (Fsp3) is 0.714. The number of carbonyl (C=O) groups is 1. The van der Waals surface area contributed by atoms with Gasteiger partial charge in [-0.15, -0.1) is 0 Å². The molecule has 1 saturated heterocycles. The van der Waals surface area contributed by atoms with Gasteiger partial charge in [0.2, 0.25) is 5.91 Å². The molecule has 2 N–H and O–H groups in total. The maximum Gasteiger partial charge on any atom is 0.221 e. The van der Waals surface area contributed by atoms with Crippen molar-refractivity contribution in [3.05, 3.63) is 0 Å². The first-order valence-corrected chi connectivity index (χ1v) is 3.70. The number of rotatable bonds is 3. The lowest BCUT2D eigenvalue weighted by atomic mass is 10.2. The van der Waals surface area contributed by atoms with Gasteiger partial charge in [0, 0.05) is 32.0 Å². The summed E-state index contributed by atoms with van der Waals surface area (Å²) in [5.41, 5.74) is 0. The smallest absolute Gasteiger partial charge is 0.221 e. The lowest BCUT2D eigenvalue weighted by Gasteiger charge is -2.06. The van der Waals surface area contributed by atoms with Crippen molar-refractivity contribution in [1.29, 1.82) is 5.26 Å². The summed E-state index contributed by atoms with van der Waals surface area (Å²) in [5.74, 6) is 0.0967. The van der Waals surface area contributed by atoms with Crippen molar-refractivity contribution in [3.8, 4) is 6.07 Å². The van der Waals surface area contributed by atoms with Crippen LogP contribution in [0.2, 0.25) is 0 Å². The first-order valence-electron chi connectivity index (χ1n) is 3.70. The van der Waals surface area contributed by atoms with Crippen molar-refractivity contribution >= 4 is 5.91 Å². The molecule has 1 rings (SSSR count). The fourth-order valence-electron chi connectivity index (χ4n) is 1.08. The SMILES string of the molecule is N#CCCNC1CNC(=O)C1. The molecule has 0 aromatic carbocycles. The molecule has 1 atom stereocenters. The Morgan fingerprint density at radius 3 is 3.18 bits per heavy atom. The van der Waals surface area contributed by atoms with E-state index in [-0.39, 0.29) is 11.9 Å². The van der Waals surface area contributed by atoms with Crippen LogP contribution in [0.25, 0.3) is 0 Å². The van der Waals surface area contributed by atoms with Crippen LogP contribution in [0.1, 0.15) is 12.8 Å². The van der Waals surface area contributed by atoms with Crippen molar-refractivity contribution in [2.24, 2.45) is 0 Å². The fourth-order valence-corrected chi connectivity index (χ4v) is 1.08. The standard InChI is InChI=1S/C7H11N3O/c8-2-1-3-9-6-4-7(11)10-5-6/h6,9H,1,3-5H2,(H,10,11). The van der Waals surface area contributed by atoms with Crippen molar-refractivity contribution < 1.29 is 4.79 Å². The molecular formula is C7H11N3O. The third kappa shape index (κ3) is 2.56. The zero-order valence-corrected chi connectivity index (χ0v) is 6.26. The largest absolute Gasteiger partial charge is 0.354 e. The Kier molecular flexibility index (Phi) is 2.87. The number of carbonyl (C=O) groups excluding carboxylic acids is 1. The normalized spacial score (nSPS) is 22.8. The van der Waals surface area contributed by atoms with E-state index in [9.17, 15) is 4.79 Å². The second kappa shape index (κ2) is 3.94. The first kappa shape index (κ1) is 8.02. The van der Waals surface area contributed by atoms with Gasteiger partial charge < -0.3 is 10.6 Å². The van der Waals surface area contributed by atoms with Crippen LogP contribution < -0.4 is 10.6 Å². The van der Waals surface area contributed by atoms with Gasteiger partial charge in [-0.1, -0.05) is 0 Å². The molecule has 60 valence electrons. The van der Waals surface area contributed by atoms with E-state index in [2.05, 4.69) is 10.6 Å². The van der Waals surface area contributed by atoms with Crippen LogP contribution in [0, 0.1) is 11.3 Å². The molecule has 0 bridgehead atoms. The lowest BCUT2D eigenvalue weighted by Crippen LogP contribution is -2.31. The molecule has 0 spiro atoms. The predicted molar refractivity (Wildman–Crippen MR) is 39.6 cm³/mol.